The van der Waals surface area contributed by atoms with Crippen LogP contribution in [-0.4, -0.2) is 33.6 Å². The minimum atomic E-state index is -1.83. The van der Waals surface area contributed by atoms with Gasteiger partial charge in [-0.3, -0.25) is 0 Å². The van der Waals surface area contributed by atoms with Crippen molar-refractivity contribution >= 4 is 0 Å². The Balaban J connectivity index is 2.60. The van der Waals surface area contributed by atoms with Crippen LogP contribution >= 0.6 is 0 Å². The van der Waals surface area contributed by atoms with Gasteiger partial charge in [-0.25, -0.2) is 4.90 Å². The molecule has 0 bridgehead atoms. The molecule has 3 nitrogen and oxygen atoms in total. The lowest BCUT2D eigenvalue weighted by atomic mass is 10.2. The predicted molar refractivity (Wildman–Crippen MR) is 61.0 cm³/mol. The highest BCUT2D eigenvalue weighted by molar-refractivity contribution is 5.11. The molecule has 1 aliphatic heterocycles. The quantitative estimate of drug-likeness (QED) is 0.543. The van der Waals surface area contributed by atoms with Crippen LogP contribution in [0.3, 0.4) is 0 Å². The monoisotopic (exact) mass is 209 g/mol. The van der Waals surface area contributed by atoms with Crippen LogP contribution in [0.15, 0.2) is 37.0 Å². The Morgan fingerprint density at radius 3 is 2.60 bits per heavy atom. The van der Waals surface area contributed by atoms with Crippen molar-refractivity contribution in [3.05, 3.63) is 37.0 Å². The standard InChI is InChI=1S/C12H19NO2/c1-3-4-5-6-9-12(14,15)13-10-7-8-11(13)2/h3-6,9,11,14-15H,1,7-8,10H2,2H3/b5-4-,9-6+/t11-/m1/s1. The van der Waals surface area contributed by atoms with E-state index in [1.54, 1.807) is 29.2 Å². The molecule has 3 heteroatoms. The number of rotatable bonds is 4. The number of hydrogen-bond donors (Lipinski definition) is 2. The second-order valence-electron chi connectivity index (χ2n) is 3.85. The summed E-state index contributed by atoms with van der Waals surface area (Å²) in [5, 5.41) is 19.6. The summed E-state index contributed by atoms with van der Waals surface area (Å²) in [7, 11) is 0. The largest absolute Gasteiger partial charge is 0.350 e. The molecule has 0 aliphatic carbocycles. The smallest absolute Gasteiger partial charge is 0.246 e. The molecule has 0 unspecified atom stereocenters. The van der Waals surface area contributed by atoms with E-state index in [9.17, 15) is 10.2 Å². The normalized spacial score (nSPS) is 24.3. The SMILES string of the molecule is C=C/C=C\C=C\C(O)(O)N1CCC[C@H]1C. The summed E-state index contributed by atoms with van der Waals surface area (Å²) in [5.74, 6) is -1.83. The van der Waals surface area contributed by atoms with E-state index >= 15 is 0 Å². The Bertz CT molecular complexity index is 269. The lowest BCUT2D eigenvalue weighted by Gasteiger charge is -2.32. The van der Waals surface area contributed by atoms with Crippen LogP contribution in [0.25, 0.3) is 0 Å². The molecule has 0 aromatic rings. The first-order chi connectivity index (χ1) is 7.08. The third kappa shape index (κ3) is 3.30. The molecule has 15 heavy (non-hydrogen) atoms. The second-order valence-corrected chi connectivity index (χ2v) is 3.85. The zero-order valence-electron chi connectivity index (χ0n) is 9.13. The zero-order valence-corrected chi connectivity index (χ0v) is 9.13. The van der Waals surface area contributed by atoms with Gasteiger partial charge in [0, 0.05) is 12.6 Å². The topological polar surface area (TPSA) is 43.7 Å². The fourth-order valence-electron chi connectivity index (χ4n) is 1.85. The summed E-state index contributed by atoms with van der Waals surface area (Å²) in [4.78, 5) is 1.69. The van der Waals surface area contributed by atoms with Crippen molar-refractivity contribution in [1.29, 1.82) is 0 Å². The van der Waals surface area contributed by atoms with E-state index in [1.807, 2.05) is 6.92 Å². The van der Waals surface area contributed by atoms with Crippen molar-refractivity contribution < 1.29 is 10.2 Å². The molecule has 1 heterocycles. The van der Waals surface area contributed by atoms with Crippen LogP contribution in [0.2, 0.25) is 0 Å². The highest BCUT2D eigenvalue weighted by Crippen LogP contribution is 2.24. The molecule has 1 fully saturated rings. The van der Waals surface area contributed by atoms with Crippen molar-refractivity contribution in [2.24, 2.45) is 0 Å². The summed E-state index contributed by atoms with van der Waals surface area (Å²) >= 11 is 0. The van der Waals surface area contributed by atoms with Crippen molar-refractivity contribution in [3.8, 4) is 0 Å². The molecule has 1 saturated heterocycles. The Morgan fingerprint density at radius 1 is 1.33 bits per heavy atom. The lowest BCUT2D eigenvalue weighted by molar-refractivity contribution is -0.229. The van der Waals surface area contributed by atoms with Crippen LogP contribution < -0.4 is 0 Å². The predicted octanol–water partition coefficient (Wildman–Crippen LogP) is 1.41. The van der Waals surface area contributed by atoms with Crippen LogP contribution in [0.4, 0.5) is 0 Å². The fraction of sp³-hybridized carbons (Fsp3) is 0.500. The van der Waals surface area contributed by atoms with E-state index in [4.69, 9.17) is 0 Å². The molecule has 1 atom stereocenters. The molecule has 0 aromatic carbocycles. The van der Waals surface area contributed by atoms with E-state index in [0.29, 0.717) is 0 Å². The van der Waals surface area contributed by atoms with E-state index in [-0.39, 0.29) is 6.04 Å². The van der Waals surface area contributed by atoms with Gasteiger partial charge in [0.1, 0.15) is 0 Å². The number of hydrogen-bond acceptors (Lipinski definition) is 3. The van der Waals surface area contributed by atoms with Gasteiger partial charge in [0.25, 0.3) is 0 Å². The Morgan fingerprint density at radius 2 is 2.07 bits per heavy atom. The molecule has 0 amide bonds. The van der Waals surface area contributed by atoms with Crippen LogP contribution in [0.1, 0.15) is 19.8 Å². The molecular formula is C12H19NO2. The van der Waals surface area contributed by atoms with Gasteiger partial charge in [-0.2, -0.15) is 0 Å². The van der Waals surface area contributed by atoms with Crippen LogP contribution in [0, 0.1) is 0 Å². The average Bonchev–Trinajstić information content (AvgIpc) is 2.60. The maximum Gasteiger partial charge on any atom is 0.246 e. The Kier molecular flexibility index (Phi) is 4.27. The summed E-state index contributed by atoms with van der Waals surface area (Å²) in [5.41, 5.74) is 0. The highest BCUT2D eigenvalue weighted by Gasteiger charge is 2.35. The fourth-order valence-corrected chi connectivity index (χ4v) is 1.85. The van der Waals surface area contributed by atoms with Crippen LogP contribution in [-0.2, 0) is 0 Å². The summed E-state index contributed by atoms with van der Waals surface area (Å²) in [6, 6.07) is 0.216. The zero-order chi connectivity index (χ0) is 11.3. The van der Waals surface area contributed by atoms with Gasteiger partial charge < -0.3 is 10.2 Å². The average molecular weight is 209 g/mol. The minimum Gasteiger partial charge on any atom is -0.350 e. The van der Waals surface area contributed by atoms with Crippen molar-refractivity contribution in [3.63, 3.8) is 0 Å². The van der Waals surface area contributed by atoms with Gasteiger partial charge in [0.2, 0.25) is 5.91 Å². The number of aliphatic hydroxyl groups is 2. The summed E-state index contributed by atoms with van der Waals surface area (Å²) in [6.45, 7) is 6.26. The number of allylic oxidation sites excluding steroid dienone is 4. The molecule has 0 aromatic heterocycles. The molecule has 0 saturated carbocycles. The molecule has 1 rings (SSSR count). The van der Waals surface area contributed by atoms with Gasteiger partial charge in [0.15, 0.2) is 0 Å². The van der Waals surface area contributed by atoms with E-state index in [2.05, 4.69) is 6.58 Å². The maximum atomic E-state index is 9.82. The van der Waals surface area contributed by atoms with Crippen molar-refractivity contribution in [1.82, 2.24) is 4.90 Å². The van der Waals surface area contributed by atoms with Crippen molar-refractivity contribution in [2.75, 3.05) is 6.54 Å². The van der Waals surface area contributed by atoms with Crippen molar-refractivity contribution in [2.45, 2.75) is 31.7 Å². The molecule has 0 radical (unpaired) electrons. The van der Waals surface area contributed by atoms with Gasteiger partial charge in [-0.15, -0.1) is 0 Å². The molecule has 0 spiro atoms. The van der Waals surface area contributed by atoms with E-state index in [0.717, 1.165) is 19.4 Å². The van der Waals surface area contributed by atoms with Gasteiger partial charge in [0.05, 0.1) is 0 Å². The van der Waals surface area contributed by atoms with Gasteiger partial charge >= 0.3 is 0 Å². The van der Waals surface area contributed by atoms with E-state index in [1.165, 1.54) is 6.08 Å². The molecule has 84 valence electrons. The van der Waals surface area contributed by atoms with E-state index < -0.39 is 5.91 Å². The number of nitrogens with zero attached hydrogens (tertiary/aromatic N) is 1. The number of likely N-dealkylation sites (tertiary alicyclic amines) is 1. The summed E-state index contributed by atoms with van der Waals surface area (Å²) in [6.07, 6.45) is 10.1. The van der Waals surface area contributed by atoms with Crippen LogP contribution in [0.5, 0.6) is 0 Å². The molecule has 2 N–H and O–H groups in total. The second kappa shape index (κ2) is 5.26. The first-order valence-corrected chi connectivity index (χ1v) is 5.26. The van der Waals surface area contributed by atoms with Gasteiger partial charge in [-0.1, -0.05) is 30.9 Å². The first kappa shape index (κ1) is 12.2. The minimum absolute atomic E-state index is 0.216. The van der Waals surface area contributed by atoms with Gasteiger partial charge in [-0.05, 0) is 25.8 Å². The highest BCUT2D eigenvalue weighted by atomic mass is 16.5. The third-order valence-corrected chi connectivity index (χ3v) is 2.65. The Hall–Kier alpha value is -0.900. The molecular weight excluding hydrogens is 190 g/mol. The Labute approximate surface area is 91.0 Å². The third-order valence-electron chi connectivity index (χ3n) is 2.65. The maximum absolute atomic E-state index is 9.82. The molecule has 1 aliphatic rings. The first-order valence-electron chi connectivity index (χ1n) is 5.26. The summed E-state index contributed by atoms with van der Waals surface area (Å²) < 4.78 is 0. The lowest BCUT2D eigenvalue weighted by Crippen LogP contribution is -2.48.